The second-order valence-corrected chi connectivity index (χ2v) is 5.60. The molecule has 0 heterocycles. The third-order valence-corrected chi connectivity index (χ3v) is 3.69. The maximum Gasteiger partial charge on any atom is 0.188 e. The maximum absolute atomic E-state index is 5.92. The van der Waals surface area contributed by atoms with E-state index >= 15 is 0 Å². The summed E-state index contributed by atoms with van der Waals surface area (Å²) in [6.07, 6.45) is 2.22. The number of benzene rings is 1. The molecule has 0 saturated heterocycles. The molecule has 0 aliphatic carbocycles. The second-order valence-electron chi connectivity index (χ2n) is 5.60. The largest absolute Gasteiger partial charge is 0.493 e. The van der Waals surface area contributed by atoms with Crippen LogP contribution in [0.25, 0.3) is 0 Å². The number of unbranched alkanes of at least 4 members (excludes halogenated alkanes) is 1. The molecule has 6 nitrogen and oxygen atoms in total. The van der Waals surface area contributed by atoms with Gasteiger partial charge in [0.25, 0.3) is 0 Å². The van der Waals surface area contributed by atoms with Crippen molar-refractivity contribution in [1.29, 1.82) is 0 Å². The zero-order valence-corrected chi connectivity index (χ0v) is 14.9. The van der Waals surface area contributed by atoms with E-state index in [-0.39, 0.29) is 6.04 Å². The van der Waals surface area contributed by atoms with Crippen LogP contribution in [0.15, 0.2) is 23.2 Å². The Balaban J connectivity index is 2.84. The Hall–Kier alpha value is -1.95. The van der Waals surface area contributed by atoms with Crippen LogP contribution in [0, 0.1) is 0 Å². The number of likely N-dealkylation sites (N-methyl/N-ethyl adjacent to an activating group) is 1. The molecule has 0 saturated carbocycles. The lowest BCUT2D eigenvalue weighted by atomic mass is 10.1. The van der Waals surface area contributed by atoms with Gasteiger partial charge in [-0.15, -0.1) is 0 Å². The lowest BCUT2D eigenvalue weighted by Gasteiger charge is -2.24. The third kappa shape index (κ3) is 5.98. The molecule has 0 bridgehead atoms. The molecule has 23 heavy (non-hydrogen) atoms. The Morgan fingerprint density at radius 2 is 1.96 bits per heavy atom. The summed E-state index contributed by atoms with van der Waals surface area (Å²) in [6.45, 7) is 3.58. The van der Waals surface area contributed by atoms with Gasteiger partial charge in [-0.3, -0.25) is 4.99 Å². The summed E-state index contributed by atoms with van der Waals surface area (Å²) < 4.78 is 10.7. The van der Waals surface area contributed by atoms with Crippen molar-refractivity contribution in [3.05, 3.63) is 23.8 Å². The van der Waals surface area contributed by atoms with Crippen LogP contribution in [0.1, 0.15) is 31.4 Å². The molecule has 0 fully saturated rings. The van der Waals surface area contributed by atoms with Crippen LogP contribution in [0.2, 0.25) is 0 Å². The number of hydrogen-bond donors (Lipinski definition) is 2. The molecule has 0 aromatic heterocycles. The first kappa shape index (κ1) is 19.1. The first-order chi connectivity index (χ1) is 11.0. The molecule has 0 spiro atoms. The lowest BCUT2D eigenvalue weighted by Crippen LogP contribution is -2.33. The summed E-state index contributed by atoms with van der Waals surface area (Å²) in [6, 6.07) is 6.04. The first-order valence-corrected chi connectivity index (χ1v) is 7.95. The minimum Gasteiger partial charge on any atom is -0.493 e. The van der Waals surface area contributed by atoms with E-state index in [1.807, 2.05) is 32.3 Å². The summed E-state index contributed by atoms with van der Waals surface area (Å²) in [7, 11) is 7.32. The Kier molecular flexibility index (Phi) is 8.26. The molecule has 1 unspecified atom stereocenters. The topological polar surface area (TPSA) is 72.1 Å². The molecule has 1 rings (SSSR count). The summed E-state index contributed by atoms with van der Waals surface area (Å²) in [5.74, 6) is 1.93. The van der Waals surface area contributed by atoms with Crippen molar-refractivity contribution in [3.8, 4) is 11.5 Å². The highest BCUT2D eigenvalue weighted by Crippen LogP contribution is 2.31. The van der Waals surface area contributed by atoms with E-state index in [9.17, 15) is 0 Å². The van der Waals surface area contributed by atoms with Gasteiger partial charge in [-0.1, -0.05) is 19.4 Å². The van der Waals surface area contributed by atoms with E-state index in [1.54, 1.807) is 14.2 Å². The minimum atomic E-state index is 0.112. The number of rotatable bonds is 9. The fourth-order valence-corrected chi connectivity index (χ4v) is 2.26. The van der Waals surface area contributed by atoms with E-state index in [0.29, 0.717) is 12.5 Å². The summed E-state index contributed by atoms with van der Waals surface area (Å²) in [5, 5.41) is 3.13. The Labute approximate surface area is 139 Å². The van der Waals surface area contributed by atoms with E-state index in [4.69, 9.17) is 15.2 Å². The molecule has 0 radical (unpaired) electrons. The highest BCUT2D eigenvalue weighted by Gasteiger charge is 2.16. The highest BCUT2D eigenvalue weighted by atomic mass is 16.5. The minimum absolute atomic E-state index is 0.112. The van der Waals surface area contributed by atoms with Gasteiger partial charge in [0.15, 0.2) is 17.5 Å². The molecule has 1 aromatic carbocycles. The molecule has 1 aromatic rings. The quantitative estimate of drug-likeness (QED) is 0.413. The Morgan fingerprint density at radius 3 is 2.52 bits per heavy atom. The van der Waals surface area contributed by atoms with Crippen molar-refractivity contribution in [2.75, 3.05) is 41.4 Å². The van der Waals surface area contributed by atoms with Gasteiger partial charge in [0, 0.05) is 6.54 Å². The number of nitrogens with one attached hydrogen (secondary N) is 1. The van der Waals surface area contributed by atoms with Crippen LogP contribution in [0.4, 0.5) is 0 Å². The number of ether oxygens (including phenoxy) is 2. The number of methoxy groups -OCH3 is 2. The molecular formula is C17H30N4O2. The van der Waals surface area contributed by atoms with Crippen molar-refractivity contribution < 1.29 is 9.47 Å². The summed E-state index contributed by atoms with van der Waals surface area (Å²) >= 11 is 0. The number of hydrogen-bond acceptors (Lipinski definition) is 4. The molecule has 0 aliphatic rings. The predicted octanol–water partition coefficient (Wildman–Crippen LogP) is 2.01. The van der Waals surface area contributed by atoms with E-state index in [0.717, 1.165) is 36.4 Å². The molecular weight excluding hydrogens is 292 g/mol. The van der Waals surface area contributed by atoms with Crippen LogP contribution >= 0.6 is 0 Å². The first-order valence-electron chi connectivity index (χ1n) is 7.95. The maximum atomic E-state index is 5.92. The van der Waals surface area contributed by atoms with Gasteiger partial charge in [0.2, 0.25) is 0 Å². The van der Waals surface area contributed by atoms with Crippen LogP contribution < -0.4 is 20.5 Å². The third-order valence-electron chi connectivity index (χ3n) is 3.69. The average Bonchev–Trinajstić information content (AvgIpc) is 2.54. The average molecular weight is 322 g/mol. The summed E-state index contributed by atoms with van der Waals surface area (Å²) in [5.41, 5.74) is 7.03. The zero-order valence-electron chi connectivity index (χ0n) is 14.9. The lowest BCUT2D eigenvalue weighted by molar-refractivity contribution is 0.303. The monoisotopic (exact) mass is 322 g/mol. The molecule has 1 atom stereocenters. The van der Waals surface area contributed by atoms with Gasteiger partial charge in [-0.2, -0.15) is 0 Å². The molecule has 0 aliphatic heterocycles. The molecule has 6 heteroatoms. The molecule has 3 N–H and O–H groups in total. The van der Waals surface area contributed by atoms with Gasteiger partial charge < -0.3 is 25.4 Å². The standard InChI is InChI=1S/C17H30N4O2/c1-6-7-10-19-17(18)20-12-14(21(2)3)13-8-9-15(22-4)16(11-13)23-5/h8-9,11,14H,6-7,10,12H2,1-5H3,(H3,18,19,20). The normalized spacial score (nSPS) is 13.0. The van der Waals surface area contributed by atoms with Gasteiger partial charge in [-0.05, 0) is 38.2 Å². The van der Waals surface area contributed by atoms with Gasteiger partial charge in [-0.25, -0.2) is 0 Å². The van der Waals surface area contributed by atoms with Crippen LogP contribution in [0.5, 0.6) is 11.5 Å². The number of aliphatic imine (C=N–C) groups is 1. The van der Waals surface area contributed by atoms with Crippen LogP contribution in [-0.2, 0) is 0 Å². The zero-order chi connectivity index (χ0) is 17.2. The van der Waals surface area contributed by atoms with E-state index in [1.165, 1.54) is 0 Å². The summed E-state index contributed by atoms with van der Waals surface area (Å²) in [4.78, 5) is 6.58. The number of nitrogens with two attached hydrogens (primary N) is 1. The highest BCUT2D eigenvalue weighted by molar-refractivity contribution is 5.77. The van der Waals surface area contributed by atoms with Crippen molar-refractivity contribution in [2.24, 2.45) is 10.7 Å². The van der Waals surface area contributed by atoms with Crippen molar-refractivity contribution in [3.63, 3.8) is 0 Å². The van der Waals surface area contributed by atoms with Gasteiger partial charge in [0.05, 0.1) is 26.8 Å². The fraction of sp³-hybridized carbons (Fsp3) is 0.588. The van der Waals surface area contributed by atoms with Crippen molar-refractivity contribution in [2.45, 2.75) is 25.8 Å². The van der Waals surface area contributed by atoms with Gasteiger partial charge >= 0.3 is 0 Å². The van der Waals surface area contributed by atoms with Crippen molar-refractivity contribution in [1.82, 2.24) is 10.2 Å². The Morgan fingerprint density at radius 1 is 1.26 bits per heavy atom. The van der Waals surface area contributed by atoms with Crippen LogP contribution in [0.3, 0.4) is 0 Å². The SMILES string of the molecule is CCCCNC(N)=NCC(c1ccc(OC)c(OC)c1)N(C)C. The van der Waals surface area contributed by atoms with E-state index in [2.05, 4.69) is 22.1 Å². The second kappa shape index (κ2) is 9.94. The molecule has 130 valence electrons. The predicted molar refractivity (Wildman–Crippen MR) is 95.4 cm³/mol. The van der Waals surface area contributed by atoms with Crippen LogP contribution in [-0.4, -0.2) is 52.3 Å². The van der Waals surface area contributed by atoms with Gasteiger partial charge in [0.1, 0.15) is 0 Å². The fourth-order valence-electron chi connectivity index (χ4n) is 2.26. The Bertz CT molecular complexity index is 503. The molecule has 0 amide bonds. The van der Waals surface area contributed by atoms with Crippen molar-refractivity contribution >= 4 is 5.96 Å². The smallest absolute Gasteiger partial charge is 0.188 e. The number of nitrogens with zero attached hydrogens (tertiary/aromatic N) is 2. The van der Waals surface area contributed by atoms with E-state index < -0.39 is 0 Å². The number of guanidine groups is 1.